The standard InChI is InChI=1S/C14H17NO4/c1-2-19-13(16)11-7-14(17,8-11)12-5-3-10(4-6-12)9-15-18/h3-6,11,17H,2,7-9H2,1H3. The highest BCUT2D eigenvalue weighted by atomic mass is 16.5. The number of nitrogens with zero attached hydrogens (tertiary/aromatic N) is 1. The summed E-state index contributed by atoms with van der Waals surface area (Å²) in [5.41, 5.74) is 0.621. The maximum absolute atomic E-state index is 11.5. The van der Waals surface area contributed by atoms with Gasteiger partial charge >= 0.3 is 5.97 Å². The van der Waals surface area contributed by atoms with Crippen molar-refractivity contribution >= 4 is 5.97 Å². The van der Waals surface area contributed by atoms with Gasteiger partial charge in [-0.25, -0.2) is 0 Å². The van der Waals surface area contributed by atoms with Gasteiger partial charge in [-0.3, -0.25) is 4.79 Å². The number of hydrogen-bond donors (Lipinski definition) is 1. The molecule has 1 N–H and O–H groups in total. The second-order valence-corrected chi connectivity index (χ2v) is 4.87. The van der Waals surface area contributed by atoms with E-state index >= 15 is 0 Å². The van der Waals surface area contributed by atoms with E-state index in [-0.39, 0.29) is 18.4 Å². The first-order chi connectivity index (χ1) is 9.09. The van der Waals surface area contributed by atoms with Crippen molar-refractivity contribution in [2.24, 2.45) is 11.1 Å². The number of nitroso groups, excluding NO2 is 1. The molecule has 0 atom stereocenters. The van der Waals surface area contributed by atoms with Gasteiger partial charge < -0.3 is 9.84 Å². The normalized spacial score (nSPS) is 25.5. The van der Waals surface area contributed by atoms with Gasteiger partial charge in [0.05, 0.1) is 18.1 Å². The lowest BCUT2D eigenvalue weighted by atomic mass is 9.67. The van der Waals surface area contributed by atoms with Gasteiger partial charge in [-0.15, -0.1) is 0 Å². The molecular formula is C14H17NO4. The summed E-state index contributed by atoms with van der Waals surface area (Å²) >= 11 is 0. The highest BCUT2D eigenvalue weighted by molar-refractivity contribution is 5.74. The molecule has 0 spiro atoms. The van der Waals surface area contributed by atoms with Gasteiger partial charge in [0.15, 0.2) is 0 Å². The van der Waals surface area contributed by atoms with Crippen LogP contribution in [0, 0.1) is 10.8 Å². The number of hydrogen-bond acceptors (Lipinski definition) is 5. The predicted molar refractivity (Wildman–Crippen MR) is 69.2 cm³/mol. The summed E-state index contributed by atoms with van der Waals surface area (Å²) in [7, 11) is 0. The van der Waals surface area contributed by atoms with Crippen LogP contribution in [0.5, 0.6) is 0 Å². The monoisotopic (exact) mass is 263 g/mol. The molecule has 5 nitrogen and oxygen atoms in total. The van der Waals surface area contributed by atoms with Crippen LogP contribution in [0.1, 0.15) is 30.9 Å². The molecular weight excluding hydrogens is 246 g/mol. The average molecular weight is 263 g/mol. The Morgan fingerprint density at radius 1 is 1.42 bits per heavy atom. The van der Waals surface area contributed by atoms with Crippen LogP contribution in [-0.2, 0) is 21.7 Å². The Morgan fingerprint density at radius 2 is 2.05 bits per heavy atom. The van der Waals surface area contributed by atoms with Crippen LogP contribution < -0.4 is 0 Å². The molecule has 0 saturated heterocycles. The fraction of sp³-hybridized carbons (Fsp3) is 0.500. The van der Waals surface area contributed by atoms with E-state index in [1.54, 1.807) is 31.2 Å². The number of carbonyl (C=O) groups is 1. The first-order valence-corrected chi connectivity index (χ1v) is 6.36. The van der Waals surface area contributed by atoms with Gasteiger partial charge in [-0.05, 0) is 30.9 Å². The van der Waals surface area contributed by atoms with Crippen LogP contribution in [0.4, 0.5) is 0 Å². The summed E-state index contributed by atoms with van der Waals surface area (Å²) in [5, 5.41) is 13.2. The quantitative estimate of drug-likeness (QED) is 0.652. The average Bonchev–Trinajstić information content (AvgIpc) is 2.36. The van der Waals surface area contributed by atoms with Crippen molar-refractivity contribution < 1.29 is 14.6 Å². The van der Waals surface area contributed by atoms with Crippen LogP contribution in [0.25, 0.3) is 0 Å². The largest absolute Gasteiger partial charge is 0.466 e. The molecule has 0 aliphatic heterocycles. The highest BCUT2D eigenvalue weighted by Gasteiger charge is 2.47. The Hall–Kier alpha value is -1.75. The molecule has 1 aromatic carbocycles. The van der Waals surface area contributed by atoms with Gasteiger partial charge in [0.2, 0.25) is 0 Å². The van der Waals surface area contributed by atoms with Gasteiger partial charge in [0.1, 0.15) is 6.54 Å². The smallest absolute Gasteiger partial charge is 0.309 e. The van der Waals surface area contributed by atoms with Crippen molar-refractivity contribution in [3.63, 3.8) is 0 Å². The van der Waals surface area contributed by atoms with E-state index < -0.39 is 5.60 Å². The maximum Gasteiger partial charge on any atom is 0.309 e. The van der Waals surface area contributed by atoms with Crippen LogP contribution >= 0.6 is 0 Å². The molecule has 0 amide bonds. The van der Waals surface area contributed by atoms with Gasteiger partial charge in [-0.2, -0.15) is 4.91 Å². The summed E-state index contributed by atoms with van der Waals surface area (Å²) in [6.45, 7) is 2.26. The van der Waals surface area contributed by atoms with Gasteiger partial charge in [-0.1, -0.05) is 29.4 Å². The molecule has 2 rings (SSSR count). The van der Waals surface area contributed by atoms with Crippen LogP contribution in [-0.4, -0.2) is 17.7 Å². The number of benzene rings is 1. The van der Waals surface area contributed by atoms with Crippen molar-refractivity contribution in [3.8, 4) is 0 Å². The third kappa shape index (κ3) is 2.81. The van der Waals surface area contributed by atoms with Crippen LogP contribution in [0.3, 0.4) is 0 Å². The van der Waals surface area contributed by atoms with Crippen molar-refractivity contribution in [2.45, 2.75) is 31.9 Å². The first kappa shape index (κ1) is 13.7. The summed E-state index contributed by atoms with van der Waals surface area (Å²) in [6.07, 6.45) is 0.772. The summed E-state index contributed by atoms with van der Waals surface area (Å²) < 4.78 is 4.93. The minimum absolute atomic E-state index is 0.129. The molecule has 0 unspecified atom stereocenters. The Morgan fingerprint density at radius 3 is 2.58 bits per heavy atom. The third-order valence-corrected chi connectivity index (χ3v) is 3.53. The molecule has 1 aromatic rings. The highest BCUT2D eigenvalue weighted by Crippen LogP contribution is 2.46. The Kier molecular flexibility index (Phi) is 3.95. The van der Waals surface area contributed by atoms with Crippen molar-refractivity contribution in [1.29, 1.82) is 0 Å². The molecule has 1 saturated carbocycles. The number of esters is 1. The van der Waals surface area contributed by atoms with Gasteiger partial charge in [0, 0.05) is 0 Å². The lowest BCUT2D eigenvalue weighted by Crippen LogP contribution is -2.45. The van der Waals surface area contributed by atoms with E-state index in [9.17, 15) is 14.8 Å². The van der Waals surface area contributed by atoms with E-state index in [0.29, 0.717) is 19.4 Å². The van der Waals surface area contributed by atoms with Crippen molar-refractivity contribution in [1.82, 2.24) is 0 Å². The van der Waals surface area contributed by atoms with E-state index in [1.165, 1.54) is 0 Å². The number of ether oxygens (including phenoxy) is 1. The minimum atomic E-state index is -0.954. The number of carbonyl (C=O) groups excluding carboxylic acids is 1. The summed E-state index contributed by atoms with van der Waals surface area (Å²) in [4.78, 5) is 21.7. The predicted octanol–water partition coefficient (Wildman–Crippen LogP) is 2.11. The number of rotatable bonds is 5. The SMILES string of the molecule is CCOC(=O)C1CC(O)(c2ccc(CN=O)cc2)C1. The second-order valence-electron chi connectivity index (χ2n) is 4.87. The molecule has 1 fully saturated rings. The van der Waals surface area contributed by atoms with E-state index in [2.05, 4.69) is 5.18 Å². The molecule has 5 heteroatoms. The summed E-state index contributed by atoms with van der Waals surface area (Å²) in [6, 6.07) is 7.10. The zero-order valence-electron chi connectivity index (χ0n) is 10.8. The first-order valence-electron chi connectivity index (χ1n) is 6.36. The topological polar surface area (TPSA) is 76.0 Å². The van der Waals surface area contributed by atoms with Crippen molar-refractivity contribution in [3.05, 3.63) is 40.3 Å². The zero-order chi connectivity index (χ0) is 13.9. The molecule has 0 aromatic heterocycles. The van der Waals surface area contributed by atoms with E-state index in [4.69, 9.17) is 4.74 Å². The van der Waals surface area contributed by atoms with Gasteiger partial charge in [0.25, 0.3) is 0 Å². The number of aliphatic hydroxyl groups is 1. The fourth-order valence-corrected chi connectivity index (χ4v) is 2.41. The minimum Gasteiger partial charge on any atom is -0.466 e. The second kappa shape index (κ2) is 5.48. The molecule has 0 heterocycles. The van der Waals surface area contributed by atoms with E-state index in [1.807, 2.05) is 0 Å². The molecule has 1 aliphatic rings. The molecule has 19 heavy (non-hydrogen) atoms. The van der Waals surface area contributed by atoms with Crippen LogP contribution in [0.2, 0.25) is 0 Å². The molecule has 0 radical (unpaired) electrons. The maximum atomic E-state index is 11.5. The summed E-state index contributed by atoms with van der Waals surface area (Å²) in [5.74, 6) is -0.463. The zero-order valence-corrected chi connectivity index (χ0v) is 10.8. The van der Waals surface area contributed by atoms with Crippen molar-refractivity contribution in [2.75, 3.05) is 6.61 Å². The lowest BCUT2D eigenvalue weighted by molar-refractivity contribution is -0.165. The Labute approximate surface area is 111 Å². The van der Waals surface area contributed by atoms with Crippen LogP contribution in [0.15, 0.2) is 29.4 Å². The Bertz CT molecular complexity index is 463. The molecule has 1 aliphatic carbocycles. The fourth-order valence-electron chi connectivity index (χ4n) is 2.41. The Balaban J connectivity index is 1.99. The molecule has 0 bridgehead atoms. The third-order valence-electron chi connectivity index (χ3n) is 3.53. The lowest BCUT2D eigenvalue weighted by Gasteiger charge is -2.42. The van der Waals surface area contributed by atoms with E-state index in [0.717, 1.165) is 11.1 Å². The molecule has 102 valence electrons.